The van der Waals surface area contributed by atoms with E-state index in [4.69, 9.17) is 9.84 Å². The fourth-order valence-electron chi connectivity index (χ4n) is 1.89. The number of nitrogens with zero attached hydrogens (tertiary/aromatic N) is 1. The molecule has 0 spiro atoms. The minimum absolute atomic E-state index is 0.209. The Labute approximate surface area is 128 Å². The maximum Gasteiger partial charge on any atom is 0.354 e. The van der Waals surface area contributed by atoms with E-state index in [1.165, 1.54) is 6.34 Å². The lowest BCUT2D eigenvalue weighted by molar-refractivity contribution is -0.143. The molecule has 2 heterocycles. The van der Waals surface area contributed by atoms with E-state index in [2.05, 4.69) is 31.2 Å². The van der Waals surface area contributed by atoms with Crippen LogP contribution in [0.5, 0.6) is 0 Å². The minimum atomic E-state index is -1.33. The zero-order valence-corrected chi connectivity index (χ0v) is 12.6. The van der Waals surface area contributed by atoms with Crippen molar-refractivity contribution in [1.82, 2.24) is 10.3 Å². The molecule has 4 N–H and O–H groups in total. The summed E-state index contributed by atoms with van der Waals surface area (Å²) in [6.07, 6.45) is 1.45. The zero-order chi connectivity index (χ0) is 15.6. The van der Waals surface area contributed by atoms with Crippen LogP contribution in [0, 0.1) is 0 Å². The van der Waals surface area contributed by atoms with Crippen LogP contribution >= 0.6 is 15.9 Å². The molecule has 0 fully saturated rings. The number of nitrogens with one attached hydrogen (secondary N) is 2. The van der Waals surface area contributed by atoms with Crippen LogP contribution in [-0.2, 0) is 9.53 Å². The molecule has 2 rings (SSSR count). The van der Waals surface area contributed by atoms with Crippen molar-refractivity contribution < 1.29 is 24.5 Å². The first-order valence-electron chi connectivity index (χ1n) is 6.05. The zero-order valence-electron chi connectivity index (χ0n) is 11.0. The number of H-pyrrole nitrogens is 1. The molecule has 0 aliphatic carbocycles. The molecule has 0 amide bonds. The molecule has 8 nitrogen and oxygen atoms in total. The monoisotopic (exact) mass is 359 g/mol. The van der Waals surface area contributed by atoms with Crippen LogP contribution < -0.4 is 5.32 Å². The molecule has 0 saturated heterocycles. The van der Waals surface area contributed by atoms with Gasteiger partial charge in [-0.25, -0.2) is 9.59 Å². The molecule has 1 aromatic heterocycles. The van der Waals surface area contributed by atoms with Gasteiger partial charge in [-0.3, -0.25) is 4.99 Å². The average Bonchev–Trinajstić information content (AvgIpc) is 2.86. The Morgan fingerprint density at radius 1 is 1.57 bits per heavy atom. The summed E-state index contributed by atoms with van der Waals surface area (Å²) < 4.78 is 5.82. The number of aliphatic hydroxyl groups excluding tert-OH is 1. The number of carboxylic acid groups (broad SMARTS) is 1. The van der Waals surface area contributed by atoms with Gasteiger partial charge in [-0.2, -0.15) is 0 Å². The van der Waals surface area contributed by atoms with Gasteiger partial charge in [0.05, 0.1) is 11.9 Å². The van der Waals surface area contributed by atoms with Crippen LogP contribution in [0.2, 0.25) is 0 Å². The maximum absolute atomic E-state index is 11.8. The van der Waals surface area contributed by atoms with E-state index in [1.54, 1.807) is 19.2 Å². The average molecular weight is 360 g/mol. The highest BCUT2D eigenvalue weighted by Gasteiger charge is 2.44. The van der Waals surface area contributed by atoms with Gasteiger partial charge >= 0.3 is 11.9 Å². The smallest absolute Gasteiger partial charge is 0.354 e. The van der Waals surface area contributed by atoms with E-state index in [0.717, 1.165) is 0 Å². The Balaban J connectivity index is 2.03. The van der Waals surface area contributed by atoms with Crippen molar-refractivity contribution >= 4 is 34.2 Å². The van der Waals surface area contributed by atoms with Crippen molar-refractivity contribution in [3.63, 3.8) is 0 Å². The Kier molecular flexibility index (Phi) is 4.33. The number of carboxylic acids is 1. The minimum Gasteiger partial charge on any atom is -0.480 e. The number of esters is 1. The van der Waals surface area contributed by atoms with Gasteiger partial charge < -0.3 is 25.3 Å². The second kappa shape index (κ2) is 5.86. The summed E-state index contributed by atoms with van der Waals surface area (Å²) in [5, 5.41) is 21.8. The number of ether oxygens (including phenoxy) is 1. The number of carbonyl (C=O) groups is 2. The quantitative estimate of drug-likeness (QED) is 0.566. The highest BCUT2D eigenvalue weighted by Crippen LogP contribution is 2.20. The molecule has 0 bridgehead atoms. The first kappa shape index (κ1) is 15.5. The van der Waals surface area contributed by atoms with Crippen LogP contribution in [-0.4, -0.2) is 57.8 Å². The summed E-state index contributed by atoms with van der Waals surface area (Å²) in [5.41, 5.74) is -0.885. The molecule has 3 atom stereocenters. The van der Waals surface area contributed by atoms with Crippen molar-refractivity contribution in [1.29, 1.82) is 0 Å². The summed E-state index contributed by atoms with van der Waals surface area (Å²) in [4.78, 5) is 29.2. The first-order chi connectivity index (χ1) is 9.83. The summed E-state index contributed by atoms with van der Waals surface area (Å²) in [7, 11) is 0. The Morgan fingerprint density at radius 3 is 2.86 bits per heavy atom. The lowest BCUT2D eigenvalue weighted by Gasteiger charge is -2.38. The van der Waals surface area contributed by atoms with E-state index in [9.17, 15) is 14.7 Å². The maximum atomic E-state index is 11.8. The van der Waals surface area contributed by atoms with Crippen LogP contribution in [0.3, 0.4) is 0 Å². The Morgan fingerprint density at radius 2 is 2.29 bits per heavy atom. The number of carbonyl (C=O) groups excluding carboxylic acids is 1. The van der Waals surface area contributed by atoms with E-state index < -0.39 is 29.6 Å². The summed E-state index contributed by atoms with van der Waals surface area (Å²) in [6, 6.07) is 0.256. The molecule has 0 saturated carbocycles. The van der Waals surface area contributed by atoms with E-state index in [0.29, 0.717) is 4.47 Å². The number of aliphatic imine (C=N–C) groups is 1. The second-order valence-corrected chi connectivity index (χ2v) is 5.79. The van der Waals surface area contributed by atoms with Gasteiger partial charge in [0.25, 0.3) is 0 Å². The number of aromatic nitrogens is 1. The molecular weight excluding hydrogens is 346 g/mol. The largest absolute Gasteiger partial charge is 0.480 e. The van der Waals surface area contributed by atoms with Gasteiger partial charge in [-0.05, 0) is 28.9 Å². The topological polar surface area (TPSA) is 124 Å². The third-order valence-corrected chi connectivity index (χ3v) is 3.66. The van der Waals surface area contributed by atoms with Crippen molar-refractivity contribution in [2.24, 2.45) is 4.99 Å². The van der Waals surface area contributed by atoms with Gasteiger partial charge in [0.1, 0.15) is 18.4 Å². The van der Waals surface area contributed by atoms with Crippen molar-refractivity contribution in [2.45, 2.75) is 24.6 Å². The summed E-state index contributed by atoms with van der Waals surface area (Å²) in [6.45, 7) is 1.34. The fraction of sp³-hybridized carbons (Fsp3) is 0.417. The SMILES string of the molecule is C[C@@]1(COC(=O)c2cc(Br)c[nH]2)NC=N[C@@H](C(=O)O)[C@@H]1O. The van der Waals surface area contributed by atoms with Crippen LogP contribution in [0.1, 0.15) is 17.4 Å². The van der Waals surface area contributed by atoms with E-state index in [-0.39, 0.29) is 12.3 Å². The number of hydrogen-bond acceptors (Lipinski definition) is 6. The summed E-state index contributed by atoms with van der Waals surface area (Å²) >= 11 is 3.20. The third-order valence-electron chi connectivity index (χ3n) is 3.21. The van der Waals surface area contributed by atoms with Crippen molar-refractivity contribution in [3.8, 4) is 0 Å². The fourth-order valence-corrected chi connectivity index (χ4v) is 2.23. The van der Waals surface area contributed by atoms with Gasteiger partial charge in [-0.1, -0.05) is 0 Å². The molecule has 0 aromatic carbocycles. The van der Waals surface area contributed by atoms with Crippen molar-refractivity contribution in [2.75, 3.05) is 6.61 Å². The van der Waals surface area contributed by atoms with Gasteiger partial charge in [0.15, 0.2) is 6.04 Å². The number of aliphatic hydroxyl groups is 1. The number of rotatable bonds is 4. The number of halogens is 1. The van der Waals surface area contributed by atoms with Crippen LogP contribution in [0.15, 0.2) is 21.7 Å². The molecule has 1 aliphatic rings. The molecule has 9 heteroatoms. The van der Waals surface area contributed by atoms with Gasteiger partial charge in [0, 0.05) is 10.7 Å². The number of aromatic amines is 1. The highest BCUT2D eigenvalue weighted by atomic mass is 79.9. The number of aliphatic carboxylic acids is 1. The molecular formula is C12H14BrN3O5. The first-order valence-corrected chi connectivity index (χ1v) is 6.84. The second-order valence-electron chi connectivity index (χ2n) is 4.88. The van der Waals surface area contributed by atoms with E-state index >= 15 is 0 Å². The molecule has 0 radical (unpaired) electrons. The highest BCUT2D eigenvalue weighted by molar-refractivity contribution is 9.10. The molecule has 114 valence electrons. The predicted molar refractivity (Wildman–Crippen MR) is 76.2 cm³/mol. The lowest BCUT2D eigenvalue weighted by Crippen LogP contribution is -2.63. The predicted octanol–water partition coefficient (Wildman–Crippen LogP) is 0.138. The normalized spacial score (nSPS) is 28.0. The van der Waals surface area contributed by atoms with Gasteiger partial charge in [-0.15, -0.1) is 0 Å². The van der Waals surface area contributed by atoms with E-state index in [1.807, 2.05) is 0 Å². The third kappa shape index (κ3) is 3.24. The molecule has 1 aromatic rings. The molecule has 21 heavy (non-hydrogen) atoms. The Bertz CT molecular complexity index is 587. The molecule has 0 unspecified atom stereocenters. The van der Waals surface area contributed by atoms with Gasteiger partial charge in [0.2, 0.25) is 0 Å². The summed E-state index contributed by atoms with van der Waals surface area (Å²) in [5.74, 6) is -1.85. The van der Waals surface area contributed by atoms with Crippen LogP contribution in [0.25, 0.3) is 0 Å². The lowest BCUT2D eigenvalue weighted by atomic mass is 9.89. The molecule has 1 aliphatic heterocycles. The van der Waals surface area contributed by atoms with Crippen LogP contribution in [0.4, 0.5) is 0 Å². The Hall–Kier alpha value is -1.87. The number of hydrogen-bond donors (Lipinski definition) is 4. The van der Waals surface area contributed by atoms with Crippen molar-refractivity contribution in [3.05, 3.63) is 22.4 Å². The standard InChI is InChI=1S/C12H14BrN3O5/c1-12(9(17)8(10(18)19)15-5-16-12)4-21-11(20)7-2-6(13)3-14-7/h2-3,5,8-9,14,17H,4H2,1H3,(H,15,16)(H,18,19)/t8-,9+,12+/m1/s1.